The molecule has 0 aromatic heterocycles. The predicted molar refractivity (Wildman–Crippen MR) is 79.0 cm³/mol. The molecular weight excluding hydrogens is 240 g/mol. The third kappa shape index (κ3) is 15.1. The second-order valence-corrected chi connectivity index (χ2v) is 4.84. The number of carbonyl (C=O) groups excluding carboxylic acids is 1. The molecule has 0 saturated carbocycles. The highest BCUT2D eigenvalue weighted by molar-refractivity contribution is 5.69. The molecule has 0 amide bonds. The summed E-state index contributed by atoms with van der Waals surface area (Å²) in [7, 11) is 0. The number of hydrogen-bond donors (Lipinski definition) is 1. The molecule has 0 rings (SSSR count). The van der Waals surface area contributed by atoms with E-state index in [-0.39, 0.29) is 12.6 Å². The summed E-state index contributed by atoms with van der Waals surface area (Å²) in [6.45, 7) is 2.77. The van der Waals surface area contributed by atoms with Crippen molar-refractivity contribution < 1.29 is 14.6 Å². The van der Waals surface area contributed by atoms with Crippen LogP contribution < -0.4 is 0 Å². The van der Waals surface area contributed by atoms with Gasteiger partial charge in [0.15, 0.2) is 0 Å². The highest BCUT2D eigenvalue weighted by Gasteiger charge is 2.01. The Morgan fingerprint density at radius 3 is 2.47 bits per heavy atom. The fourth-order valence-electron chi connectivity index (χ4n) is 1.82. The van der Waals surface area contributed by atoms with Gasteiger partial charge < -0.3 is 9.84 Å². The van der Waals surface area contributed by atoms with E-state index in [4.69, 9.17) is 9.84 Å². The number of aliphatic hydroxyl groups is 1. The highest BCUT2D eigenvalue weighted by atomic mass is 16.5. The second-order valence-electron chi connectivity index (χ2n) is 4.84. The van der Waals surface area contributed by atoms with E-state index in [9.17, 15) is 4.79 Å². The van der Waals surface area contributed by atoms with Gasteiger partial charge in [-0.1, -0.05) is 38.3 Å². The molecule has 0 aliphatic heterocycles. The van der Waals surface area contributed by atoms with Crippen LogP contribution in [0.4, 0.5) is 0 Å². The molecule has 0 spiro atoms. The summed E-state index contributed by atoms with van der Waals surface area (Å²) in [4.78, 5) is 11.3. The van der Waals surface area contributed by atoms with Crippen molar-refractivity contribution in [3.63, 3.8) is 0 Å². The Morgan fingerprint density at radius 1 is 1.00 bits per heavy atom. The molecule has 0 atom stereocenters. The van der Waals surface area contributed by atoms with Crippen LogP contribution in [0.15, 0.2) is 12.2 Å². The van der Waals surface area contributed by atoms with Gasteiger partial charge in [-0.05, 0) is 38.5 Å². The van der Waals surface area contributed by atoms with Crippen LogP contribution in [-0.4, -0.2) is 24.3 Å². The van der Waals surface area contributed by atoms with Crippen LogP contribution in [0, 0.1) is 0 Å². The minimum atomic E-state index is -0.0937. The zero-order valence-corrected chi connectivity index (χ0v) is 12.4. The number of carbonyl (C=O) groups is 1. The molecule has 1 N–H and O–H groups in total. The number of ether oxygens (including phenoxy) is 1. The van der Waals surface area contributed by atoms with Gasteiger partial charge in [0.1, 0.15) is 0 Å². The number of hydrogen-bond acceptors (Lipinski definition) is 3. The van der Waals surface area contributed by atoms with E-state index in [0.717, 1.165) is 25.7 Å². The molecule has 0 radical (unpaired) electrons. The number of aliphatic hydroxyl groups excluding tert-OH is 1. The molecule has 0 aliphatic carbocycles. The molecule has 0 heterocycles. The SMILES string of the molecule is CCC=CCCCCCCCC(=O)OCCCCO. The molecule has 0 aromatic rings. The van der Waals surface area contributed by atoms with Gasteiger partial charge in [-0.25, -0.2) is 0 Å². The standard InChI is InChI=1S/C16H30O3/c1-2-3-4-5-6-7-8-9-10-13-16(18)19-15-12-11-14-17/h3-4,17H,2,5-15H2,1H3. The lowest BCUT2D eigenvalue weighted by Gasteiger charge is -2.04. The van der Waals surface area contributed by atoms with Crippen LogP contribution in [-0.2, 0) is 9.53 Å². The lowest BCUT2D eigenvalue weighted by Crippen LogP contribution is -2.06. The van der Waals surface area contributed by atoms with E-state index < -0.39 is 0 Å². The van der Waals surface area contributed by atoms with Crippen LogP contribution in [0.5, 0.6) is 0 Å². The molecule has 112 valence electrons. The lowest BCUT2D eigenvalue weighted by atomic mass is 10.1. The number of allylic oxidation sites excluding steroid dienone is 2. The topological polar surface area (TPSA) is 46.5 Å². The third-order valence-electron chi connectivity index (χ3n) is 2.97. The van der Waals surface area contributed by atoms with E-state index >= 15 is 0 Å². The van der Waals surface area contributed by atoms with Gasteiger partial charge in [-0.2, -0.15) is 0 Å². The summed E-state index contributed by atoms with van der Waals surface area (Å²) in [5.74, 6) is -0.0937. The van der Waals surface area contributed by atoms with E-state index in [1.165, 1.54) is 25.7 Å². The average Bonchev–Trinajstić information content (AvgIpc) is 2.42. The van der Waals surface area contributed by atoms with Crippen molar-refractivity contribution in [1.82, 2.24) is 0 Å². The van der Waals surface area contributed by atoms with E-state index in [2.05, 4.69) is 19.1 Å². The Kier molecular flexibility index (Phi) is 14.6. The zero-order chi connectivity index (χ0) is 14.2. The van der Waals surface area contributed by atoms with Crippen molar-refractivity contribution in [3.05, 3.63) is 12.2 Å². The Bertz CT molecular complexity index is 224. The Balaban J connectivity index is 3.16. The van der Waals surface area contributed by atoms with Crippen LogP contribution in [0.1, 0.15) is 71.1 Å². The van der Waals surface area contributed by atoms with Crippen molar-refractivity contribution in [2.24, 2.45) is 0 Å². The monoisotopic (exact) mass is 270 g/mol. The Morgan fingerprint density at radius 2 is 1.74 bits per heavy atom. The smallest absolute Gasteiger partial charge is 0.305 e. The first-order chi connectivity index (χ1) is 9.31. The average molecular weight is 270 g/mol. The van der Waals surface area contributed by atoms with Gasteiger partial charge in [-0.3, -0.25) is 4.79 Å². The van der Waals surface area contributed by atoms with Gasteiger partial charge in [0.2, 0.25) is 0 Å². The van der Waals surface area contributed by atoms with Crippen molar-refractivity contribution in [2.75, 3.05) is 13.2 Å². The van der Waals surface area contributed by atoms with Crippen LogP contribution in [0.25, 0.3) is 0 Å². The van der Waals surface area contributed by atoms with E-state index in [1.54, 1.807) is 0 Å². The van der Waals surface area contributed by atoms with Crippen molar-refractivity contribution in [1.29, 1.82) is 0 Å². The number of esters is 1. The molecule has 0 fully saturated rings. The summed E-state index contributed by atoms with van der Waals surface area (Å²) >= 11 is 0. The largest absolute Gasteiger partial charge is 0.466 e. The van der Waals surface area contributed by atoms with Gasteiger partial charge in [0.05, 0.1) is 6.61 Å². The maximum absolute atomic E-state index is 11.3. The van der Waals surface area contributed by atoms with Crippen molar-refractivity contribution in [2.45, 2.75) is 71.1 Å². The van der Waals surface area contributed by atoms with Gasteiger partial charge in [0, 0.05) is 13.0 Å². The fraction of sp³-hybridized carbons (Fsp3) is 0.812. The minimum Gasteiger partial charge on any atom is -0.466 e. The maximum Gasteiger partial charge on any atom is 0.305 e. The molecule has 0 aromatic carbocycles. The minimum absolute atomic E-state index is 0.0937. The Labute approximate surface area is 118 Å². The van der Waals surface area contributed by atoms with E-state index in [0.29, 0.717) is 19.4 Å². The summed E-state index contributed by atoms with van der Waals surface area (Å²) in [5.41, 5.74) is 0. The third-order valence-corrected chi connectivity index (χ3v) is 2.97. The molecule has 0 bridgehead atoms. The summed E-state index contributed by atoms with van der Waals surface area (Å²) < 4.78 is 5.06. The molecule has 0 saturated heterocycles. The summed E-state index contributed by atoms with van der Waals surface area (Å²) in [5, 5.41) is 8.58. The number of unbranched alkanes of at least 4 members (excludes halogenated alkanes) is 6. The predicted octanol–water partition coefficient (Wildman–Crippen LogP) is 4.00. The molecule has 0 unspecified atom stereocenters. The quantitative estimate of drug-likeness (QED) is 0.312. The Hall–Kier alpha value is -0.830. The fourth-order valence-corrected chi connectivity index (χ4v) is 1.82. The molecule has 3 nitrogen and oxygen atoms in total. The van der Waals surface area contributed by atoms with E-state index in [1.807, 2.05) is 0 Å². The number of rotatable bonds is 13. The van der Waals surface area contributed by atoms with Crippen molar-refractivity contribution in [3.8, 4) is 0 Å². The summed E-state index contributed by atoms with van der Waals surface area (Å²) in [6.07, 6.45) is 14.5. The van der Waals surface area contributed by atoms with Gasteiger partial charge in [0.25, 0.3) is 0 Å². The molecular formula is C16H30O3. The molecule has 19 heavy (non-hydrogen) atoms. The zero-order valence-electron chi connectivity index (χ0n) is 12.4. The molecule has 0 aliphatic rings. The van der Waals surface area contributed by atoms with Crippen LogP contribution >= 0.6 is 0 Å². The van der Waals surface area contributed by atoms with Crippen LogP contribution in [0.3, 0.4) is 0 Å². The normalized spacial score (nSPS) is 11.1. The maximum atomic E-state index is 11.3. The van der Waals surface area contributed by atoms with Gasteiger partial charge in [-0.15, -0.1) is 0 Å². The second kappa shape index (κ2) is 15.2. The lowest BCUT2D eigenvalue weighted by molar-refractivity contribution is -0.143. The van der Waals surface area contributed by atoms with Crippen molar-refractivity contribution >= 4 is 5.97 Å². The first-order valence-electron chi connectivity index (χ1n) is 7.72. The highest BCUT2D eigenvalue weighted by Crippen LogP contribution is 2.08. The first-order valence-corrected chi connectivity index (χ1v) is 7.72. The van der Waals surface area contributed by atoms with Gasteiger partial charge >= 0.3 is 5.97 Å². The first kappa shape index (κ1) is 18.2. The van der Waals surface area contributed by atoms with Crippen LogP contribution in [0.2, 0.25) is 0 Å². The molecule has 3 heteroatoms. The summed E-state index contributed by atoms with van der Waals surface area (Å²) in [6, 6.07) is 0.